The number of rotatable bonds is 9. The minimum atomic E-state index is -0.216. The van der Waals surface area contributed by atoms with Gasteiger partial charge < -0.3 is 4.57 Å². The molecule has 0 saturated carbocycles. The summed E-state index contributed by atoms with van der Waals surface area (Å²) < 4.78 is 3.73. The van der Waals surface area contributed by atoms with Gasteiger partial charge in [-0.25, -0.2) is 0 Å². The lowest BCUT2D eigenvalue weighted by Gasteiger charge is -2.32. The first-order valence-corrected chi connectivity index (χ1v) is 23.1. The lowest BCUT2D eigenvalue weighted by molar-refractivity contribution is 0.517. The number of allylic oxidation sites excluding steroid dienone is 8. The Morgan fingerprint density at radius 2 is 1.25 bits per heavy atom. The Kier molecular flexibility index (Phi) is 10.1. The summed E-state index contributed by atoms with van der Waals surface area (Å²) in [6.45, 7) is 4.62. The van der Waals surface area contributed by atoms with Gasteiger partial charge in [0.2, 0.25) is 0 Å². The molecule has 1 nitrogen and oxygen atoms in total. The summed E-state index contributed by atoms with van der Waals surface area (Å²) in [5, 5.41) is 3.90. The van der Waals surface area contributed by atoms with Gasteiger partial charge in [0.05, 0.1) is 11.0 Å². The van der Waals surface area contributed by atoms with Gasteiger partial charge in [-0.05, 0) is 131 Å². The van der Waals surface area contributed by atoms with E-state index in [4.69, 9.17) is 0 Å². The first-order valence-electron chi connectivity index (χ1n) is 22.3. The molecule has 304 valence electrons. The van der Waals surface area contributed by atoms with Gasteiger partial charge in [-0.1, -0.05) is 176 Å². The number of para-hydroxylation sites is 2. The number of thiophene rings is 1. The minimum Gasteiger partial charge on any atom is -0.309 e. The maximum Gasteiger partial charge on any atom is 0.0541 e. The van der Waals surface area contributed by atoms with E-state index in [0.717, 1.165) is 25.7 Å². The molecule has 2 heterocycles. The van der Waals surface area contributed by atoms with Crippen molar-refractivity contribution < 1.29 is 0 Å². The molecule has 2 aliphatic rings. The SMILES string of the molecule is Cc1cccc(-c2ccc(CCC(C)(C3=CCC=C(c4ccc5c(c4)c4ccccc4n5-c4ccccc4)C=C3)c3ccc(-c4ccc5sc6c(c5c4)C=CCC=C6)cc3)cc2)c1. The summed E-state index contributed by atoms with van der Waals surface area (Å²) in [5.41, 5.74) is 17.7. The Hall–Kier alpha value is -7.00. The first kappa shape index (κ1) is 38.9. The maximum atomic E-state index is 2.47. The molecule has 0 amide bonds. The van der Waals surface area contributed by atoms with Crippen LogP contribution in [0.4, 0.5) is 0 Å². The van der Waals surface area contributed by atoms with E-state index in [-0.39, 0.29) is 5.41 Å². The van der Waals surface area contributed by atoms with Gasteiger partial charge in [0.25, 0.3) is 0 Å². The summed E-state index contributed by atoms with van der Waals surface area (Å²) in [6, 6.07) is 61.0. The van der Waals surface area contributed by atoms with Crippen molar-refractivity contribution in [2.75, 3.05) is 0 Å². The highest BCUT2D eigenvalue weighted by Crippen LogP contribution is 2.42. The Labute approximate surface area is 375 Å². The monoisotopic (exact) mass is 827 g/mol. The third kappa shape index (κ3) is 7.35. The van der Waals surface area contributed by atoms with Crippen LogP contribution in [0, 0.1) is 6.92 Å². The van der Waals surface area contributed by atoms with Crippen molar-refractivity contribution in [1.82, 2.24) is 4.57 Å². The molecular formula is C61H49NS. The summed E-state index contributed by atoms with van der Waals surface area (Å²) in [5.74, 6) is 0. The average molecular weight is 828 g/mol. The molecule has 0 N–H and O–H groups in total. The van der Waals surface area contributed by atoms with E-state index in [0.29, 0.717) is 0 Å². The second-order valence-corrected chi connectivity index (χ2v) is 18.5. The second-order valence-electron chi connectivity index (χ2n) is 17.4. The molecule has 0 bridgehead atoms. The van der Waals surface area contributed by atoms with Crippen molar-refractivity contribution >= 4 is 61.0 Å². The Balaban J connectivity index is 0.925. The molecule has 2 aromatic heterocycles. The molecule has 2 aliphatic carbocycles. The molecule has 7 aromatic carbocycles. The van der Waals surface area contributed by atoms with Crippen LogP contribution < -0.4 is 0 Å². The highest BCUT2D eigenvalue weighted by Gasteiger charge is 2.30. The highest BCUT2D eigenvalue weighted by atomic mass is 32.1. The summed E-state index contributed by atoms with van der Waals surface area (Å²) >= 11 is 1.89. The molecule has 0 saturated heterocycles. The van der Waals surface area contributed by atoms with Crippen molar-refractivity contribution in [2.24, 2.45) is 0 Å². The van der Waals surface area contributed by atoms with Crippen LogP contribution in [0.15, 0.2) is 206 Å². The minimum absolute atomic E-state index is 0.216. The van der Waals surface area contributed by atoms with Gasteiger partial charge >= 0.3 is 0 Å². The van der Waals surface area contributed by atoms with Gasteiger partial charge in [0.1, 0.15) is 0 Å². The fourth-order valence-corrected chi connectivity index (χ4v) is 11.0. The predicted molar refractivity (Wildman–Crippen MR) is 273 cm³/mol. The van der Waals surface area contributed by atoms with Gasteiger partial charge in [-0.15, -0.1) is 11.3 Å². The molecular weight excluding hydrogens is 779 g/mol. The number of fused-ring (bicyclic) bond motifs is 6. The van der Waals surface area contributed by atoms with Crippen LogP contribution >= 0.6 is 11.3 Å². The van der Waals surface area contributed by atoms with E-state index in [2.05, 4.69) is 231 Å². The number of aromatic nitrogens is 1. The number of benzene rings is 7. The lowest BCUT2D eigenvalue weighted by atomic mass is 9.71. The van der Waals surface area contributed by atoms with E-state index in [1.807, 2.05) is 11.3 Å². The molecule has 63 heavy (non-hydrogen) atoms. The number of aryl methyl sites for hydroxylation is 2. The van der Waals surface area contributed by atoms with Crippen molar-refractivity contribution in [1.29, 1.82) is 0 Å². The summed E-state index contributed by atoms with van der Waals surface area (Å²) in [6.07, 6.45) is 22.6. The highest BCUT2D eigenvalue weighted by molar-refractivity contribution is 7.20. The standard InChI is InChI=1S/C61H49NS/c1-42-13-11-15-47(39-42)45-25-23-43(24-26-45)37-38-61(2,51-33-28-46(29-34-51)49-31-36-60-56(41-49)54-20-7-4-8-22-59(54)63-60)50-16-12-14-44(27-32-50)48-30-35-58-55(40-48)53-19-9-10-21-57(53)62(58)52-17-5-3-6-18-52/h3,5-11,13-36,39-41H,4,12,37-38H2,1-2H3. The molecule has 0 spiro atoms. The molecule has 2 heteroatoms. The molecule has 1 atom stereocenters. The average Bonchev–Trinajstić information content (AvgIpc) is 3.57. The lowest BCUT2D eigenvalue weighted by Crippen LogP contribution is -2.25. The van der Waals surface area contributed by atoms with Crippen LogP contribution in [0.2, 0.25) is 0 Å². The quantitative estimate of drug-likeness (QED) is 0.137. The van der Waals surface area contributed by atoms with Crippen LogP contribution in [-0.2, 0) is 11.8 Å². The first-order chi connectivity index (χ1) is 31.0. The van der Waals surface area contributed by atoms with E-state index >= 15 is 0 Å². The van der Waals surface area contributed by atoms with E-state index in [1.165, 1.54) is 104 Å². The zero-order chi connectivity index (χ0) is 42.3. The van der Waals surface area contributed by atoms with Crippen LogP contribution in [0.5, 0.6) is 0 Å². The zero-order valence-electron chi connectivity index (χ0n) is 35.9. The van der Waals surface area contributed by atoms with Crippen molar-refractivity contribution in [3.63, 3.8) is 0 Å². The molecule has 1 unspecified atom stereocenters. The number of nitrogens with zero attached hydrogens (tertiary/aromatic N) is 1. The van der Waals surface area contributed by atoms with E-state index in [9.17, 15) is 0 Å². The van der Waals surface area contributed by atoms with Gasteiger partial charge in [-0.3, -0.25) is 0 Å². The smallest absolute Gasteiger partial charge is 0.0541 e. The third-order valence-corrected chi connectivity index (χ3v) is 14.6. The molecule has 0 aliphatic heterocycles. The topological polar surface area (TPSA) is 4.93 Å². The van der Waals surface area contributed by atoms with Crippen LogP contribution in [0.25, 0.3) is 77.6 Å². The second kappa shape index (κ2) is 16.4. The van der Waals surface area contributed by atoms with Gasteiger partial charge in [0, 0.05) is 42.4 Å². The van der Waals surface area contributed by atoms with Crippen molar-refractivity contribution in [3.8, 4) is 27.9 Å². The van der Waals surface area contributed by atoms with Crippen molar-refractivity contribution in [2.45, 2.75) is 44.9 Å². The van der Waals surface area contributed by atoms with E-state index in [1.54, 1.807) is 0 Å². The van der Waals surface area contributed by atoms with Crippen LogP contribution in [0.3, 0.4) is 0 Å². The number of hydrogen-bond donors (Lipinski definition) is 0. The Bertz CT molecular complexity index is 3330. The summed E-state index contributed by atoms with van der Waals surface area (Å²) in [4.78, 5) is 1.35. The van der Waals surface area contributed by atoms with Crippen LogP contribution in [-0.4, -0.2) is 4.57 Å². The normalized spacial score (nSPS) is 14.6. The molecule has 9 aromatic rings. The fraction of sp³-hybridized carbons (Fsp3) is 0.115. The summed E-state index contributed by atoms with van der Waals surface area (Å²) in [7, 11) is 0. The van der Waals surface area contributed by atoms with Crippen LogP contribution in [0.1, 0.15) is 58.9 Å². The molecule has 0 radical (unpaired) electrons. The largest absolute Gasteiger partial charge is 0.309 e. The van der Waals surface area contributed by atoms with Gasteiger partial charge in [0.15, 0.2) is 0 Å². The van der Waals surface area contributed by atoms with Crippen molar-refractivity contribution in [3.05, 3.63) is 239 Å². The Morgan fingerprint density at radius 3 is 2.10 bits per heavy atom. The third-order valence-electron chi connectivity index (χ3n) is 13.4. The predicted octanol–water partition coefficient (Wildman–Crippen LogP) is 16.9. The molecule has 0 fully saturated rings. The van der Waals surface area contributed by atoms with Gasteiger partial charge in [-0.2, -0.15) is 0 Å². The zero-order valence-corrected chi connectivity index (χ0v) is 36.7. The fourth-order valence-electron chi connectivity index (χ4n) is 9.88. The maximum absolute atomic E-state index is 2.47. The number of hydrogen-bond acceptors (Lipinski definition) is 1. The van der Waals surface area contributed by atoms with E-state index < -0.39 is 0 Å². The Morgan fingerprint density at radius 1 is 0.540 bits per heavy atom. The molecule has 11 rings (SSSR count).